The highest BCUT2D eigenvalue weighted by Crippen LogP contribution is 2.25. The molecule has 3 aromatic carbocycles. The molecule has 4 nitrogen and oxygen atoms in total. The summed E-state index contributed by atoms with van der Waals surface area (Å²) in [6.07, 6.45) is 0.371. The van der Waals surface area contributed by atoms with Crippen LogP contribution < -0.4 is 5.32 Å². The molecular weight excluding hydrogens is 362 g/mol. The van der Waals surface area contributed by atoms with Gasteiger partial charge in [-0.3, -0.25) is 4.79 Å². The molecule has 0 radical (unpaired) electrons. The van der Waals surface area contributed by atoms with Crippen LogP contribution in [0.2, 0.25) is 0 Å². The zero-order valence-corrected chi connectivity index (χ0v) is 16.7. The molecule has 0 saturated carbocycles. The van der Waals surface area contributed by atoms with E-state index in [1.54, 1.807) is 0 Å². The summed E-state index contributed by atoms with van der Waals surface area (Å²) in [5.74, 6) is -1.20. The van der Waals surface area contributed by atoms with Gasteiger partial charge >= 0.3 is 5.97 Å². The fourth-order valence-electron chi connectivity index (χ4n) is 3.45. The molecule has 0 aliphatic carbocycles. The topological polar surface area (TPSA) is 55.4 Å². The second-order valence-electron chi connectivity index (χ2n) is 7.03. The smallest absolute Gasteiger partial charge is 0.328 e. The van der Waals surface area contributed by atoms with Crippen molar-refractivity contribution >= 4 is 11.9 Å². The summed E-state index contributed by atoms with van der Waals surface area (Å²) in [5, 5.41) is 2.92. The van der Waals surface area contributed by atoms with Crippen LogP contribution in [0.3, 0.4) is 0 Å². The maximum absolute atomic E-state index is 13.3. The van der Waals surface area contributed by atoms with Crippen LogP contribution in [-0.4, -0.2) is 25.0 Å². The lowest BCUT2D eigenvalue weighted by Crippen LogP contribution is -2.45. The molecule has 1 amide bonds. The summed E-state index contributed by atoms with van der Waals surface area (Å²) >= 11 is 0. The Kier molecular flexibility index (Phi) is 6.80. The Morgan fingerprint density at radius 3 is 1.97 bits per heavy atom. The van der Waals surface area contributed by atoms with Crippen molar-refractivity contribution in [1.29, 1.82) is 0 Å². The number of carbonyl (C=O) groups excluding carboxylic acids is 2. The first kappa shape index (κ1) is 20.3. The molecule has 0 heterocycles. The molecule has 1 N–H and O–H groups in total. The van der Waals surface area contributed by atoms with Gasteiger partial charge in [0.2, 0.25) is 5.91 Å². The van der Waals surface area contributed by atoms with E-state index in [2.05, 4.69) is 5.32 Å². The number of nitrogens with one attached hydrogen (secondary N) is 1. The maximum Gasteiger partial charge on any atom is 0.328 e. The van der Waals surface area contributed by atoms with Gasteiger partial charge in [-0.25, -0.2) is 4.79 Å². The molecule has 0 aliphatic rings. The largest absolute Gasteiger partial charge is 0.467 e. The molecule has 0 fully saturated rings. The number of esters is 1. The van der Waals surface area contributed by atoms with Crippen LogP contribution in [0.5, 0.6) is 0 Å². The Morgan fingerprint density at radius 1 is 0.862 bits per heavy atom. The fraction of sp³-hybridized carbons (Fsp3) is 0.200. The van der Waals surface area contributed by atoms with Crippen molar-refractivity contribution in [2.24, 2.45) is 0 Å². The van der Waals surface area contributed by atoms with Crippen molar-refractivity contribution in [3.05, 3.63) is 107 Å². The van der Waals surface area contributed by atoms with E-state index in [1.807, 2.05) is 91.9 Å². The minimum atomic E-state index is -0.760. The number of hydrogen-bond donors (Lipinski definition) is 1. The van der Waals surface area contributed by atoms with E-state index in [0.29, 0.717) is 6.42 Å². The lowest BCUT2D eigenvalue weighted by Gasteiger charge is -2.22. The minimum absolute atomic E-state index is 0.231. The van der Waals surface area contributed by atoms with Crippen molar-refractivity contribution in [2.75, 3.05) is 7.11 Å². The predicted octanol–water partition coefficient (Wildman–Crippen LogP) is 4.03. The van der Waals surface area contributed by atoms with E-state index >= 15 is 0 Å². The van der Waals surface area contributed by atoms with Crippen LogP contribution in [0.4, 0.5) is 0 Å². The highest BCUT2D eigenvalue weighted by atomic mass is 16.5. The number of methoxy groups -OCH3 is 1. The Bertz CT molecular complexity index is 915. The van der Waals surface area contributed by atoms with E-state index in [9.17, 15) is 9.59 Å². The maximum atomic E-state index is 13.3. The second-order valence-corrected chi connectivity index (χ2v) is 7.03. The van der Waals surface area contributed by atoms with E-state index in [4.69, 9.17) is 4.74 Å². The molecule has 0 aliphatic heterocycles. The monoisotopic (exact) mass is 387 g/mol. The van der Waals surface area contributed by atoms with E-state index < -0.39 is 17.9 Å². The quantitative estimate of drug-likeness (QED) is 0.623. The van der Waals surface area contributed by atoms with Crippen molar-refractivity contribution in [2.45, 2.75) is 25.3 Å². The number of aryl methyl sites for hydroxylation is 1. The Labute approximate surface area is 171 Å². The molecule has 0 spiro atoms. The van der Waals surface area contributed by atoms with Gasteiger partial charge in [-0.15, -0.1) is 0 Å². The van der Waals surface area contributed by atoms with Crippen LogP contribution >= 0.6 is 0 Å². The molecule has 0 bridgehead atoms. The van der Waals surface area contributed by atoms with Gasteiger partial charge in [-0.1, -0.05) is 90.5 Å². The lowest BCUT2D eigenvalue weighted by molar-refractivity contribution is -0.145. The Balaban J connectivity index is 1.88. The molecule has 3 aromatic rings. The zero-order valence-electron chi connectivity index (χ0n) is 16.7. The average Bonchev–Trinajstić information content (AvgIpc) is 2.74. The highest BCUT2D eigenvalue weighted by Gasteiger charge is 2.28. The van der Waals surface area contributed by atoms with Crippen molar-refractivity contribution in [3.63, 3.8) is 0 Å². The van der Waals surface area contributed by atoms with Gasteiger partial charge in [0.15, 0.2) is 0 Å². The number of hydrogen-bond acceptors (Lipinski definition) is 3. The standard InChI is InChI=1S/C25H25NO3/c1-18-10-9-11-19(16-18)17-22(25(28)29-2)26-24(27)23(20-12-5-3-6-13-20)21-14-7-4-8-15-21/h3-16,22-23H,17H2,1-2H3,(H,26,27)/t22-/m0/s1. The fourth-order valence-corrected chi connectivity index (χ4v) is 3.45. The predicted molar refractivity (Wildman–Crippen MR) is 114 cm³/mol. The van der Waals surface area contributed by atoms with Gasteiger partial charge in [-0.2, -0.15) is 0 Å². The number of amides is 1. The molecule has 0 unspecified atom stereocenters. The van der Waals surface area contributed by atoms with Crippen LogP contribution in [0.25, 0.3) is 0 Å². The molecule has 0 aromatic heterocycles. The van der Waals surface area contributed by atoms with Gasteiger partial charge in [0.25, 0.3) is 0 Å². The molecule has 29 heavy (non-hydrogen) atoms. The molecular formula is C25H25NO3. The molecule has 4 heteroatoms. The summed E-state index contributed by atoms with van der Waals surface area (Å²) in [6, 6.07) is 26.3. The molecule has 0 saturated heterocycles. The third-order valence-corrected chi connectivity index (χ3v) is 4.85. The van der Waals surface area contributed by atoms with Crippen molar-refractivity contribution in [1.82, 2.24) is 5.32 Å². The summed E-state index contributed by atoms with van der Waals surface area (Å²) in [7, 11) is 1.34. The first-order valence-corrected chi connectivity index (χ1v) is 9.62. The normalized spacial score (nSPS) is 11.7. The van der Waals surface area contributed by atoms with Crippen LogP contribution in [0.1, 0.15) is 28.2 Å². The number of carbonyl (C=O) groups is 2. The van der Waals surface area contributed by atoms with Crippen molar-refractivity contribution < 1.29 is 14.3 Å². The summed E-state index contributed by atoms with van der Waals surface area (Å²) < 4.78 is 4.95. The molecule has 148 valence electrons. The van der Waals surface area contributed by atoms with Crippen molar-refractivity contribution in [3.8, 4) is 0 Å². The number of ether oxygens (including phenoxy) is 1. The van der Waals surface area contributed by atoms with E-state index in [-0.39, 0.29) is 5.91 Å². The molecule has 3 rings (SSSR count). The number of benzene rings is 3. The average molecular weight is 387 g/mol. The SMILES string of the molecule is COC(=O)[C@H](Cc1cccc(C)c1)NC(=O)C(c1ccccc1)c1ccccc1. The third kappa shape index (κ3) is 5.32. The van der Waals surface area contributed by atoms with Gasteiger partial charge in [0.1, 0.15) is 6.04 Å². The Morgan fingerprint density at radius 2 is 1.45 bits per heavy atom. The van der Waals surface area contributed by atoms with E-state index in [1.165, 1.54) is 7.11 Å². The number of rotatable bonds is 7. The summed E-state index contributed by atoms with van der Waals surface area (Å²) in [6.45, 7) is 2.00. The van der Waals surface area contributed by atoms with Crippen LogP contribution in [0, 0.1) is 6.92 Å². The Hall–Kier alpha value is -3.40. The van der Waals surface area contributed by atoms with Crippen LogP contribution in [0.15, 0.2) is 84.9 Å². The molecule has 1 atom stereocenters. The second kappa shape index (κ2) is 9.69. The van der Waals surface area contributed by atoms with Crippen LogP contribution in [-0.2, 0) is 20.7 Å². The highest BCUT2D eigenvalue weighted by molar-refractivity contribution is 5.91. The first-order chi connectivity index (χ1) is 14.1. The van der Waals surface area contributed by atoms with E-state index in [0.717, 1.165) is 22.3 Å². The third-order valence-electron chi connectivity index (χ3n) is 4.85. The zero-order chi connectivity index (χ0) is 20.6. The van der Waals surface area contributed by atoms with Gasteiger partial charge in [0, 0.05) is 6.42 Å². The minimum Gasteiger partial charge on any atom is -0.467 e. The first-order valence-electron chi connectivity index (χ1n) is 9.62. The van der Waals surface area contributed by atoms with Gasteiger partial charge < -0.3 is 10.1 Å². The lowest BCUT2D eigenvalue weighted by atomic mass is 9.90. The summed E-state index contributed by atoms with van der Waals surface area (Å²) in [4.78, 5) is 25.7. The van der Waals surface area contributed by atoms with Gasteiger partial charge in [-0.05, 0) is 23.6 Å². The van der Waals surface area contributed by atoms with Gasteiger partial charge in [0.05, 0.1) is 13.0 Å². The summed E-state index contributed by atoms with van der Waals surface area (Å²) in [5.41, 5.74) is 3.81.